The average molecular weight is 218 g/mol. The van der Waals surface area contributed by atoms with Crippen LogP contribution in [0.1, 0.15) is 0 Å². The van der Waals surface area contributed by atoms with Gasteiger partial charge in [-0.15, -0.1) is 11.3 Å². The van der Waals surface area contributed by atoms with E-state index < -0.39 is 0 Å². The summed E-state index contributed by atoms with van der Waals surface area (Å²) in [5.41, 5.74) is 0. The Morgan fingerprint density at radius 3 is 2.86 bits per heavy atom. The molecular weight excluding hydrogens is 212 g/mol. The van der Waals surface area contributed by atoms with Crippen LogP contribution >= 0.6 is 22.9 Å². The molecule has 0 saturated heterocycles. The van der Waals surface area contributed by atoms with E-state index in [1.807, 2.05) is 12.1 Å². The molecule has 0 fully saturated rings. The molecule has 0 aliphatic carbocycles. The first-order chi connectivity index (χ1) is 6.86. The maximum absolute atomic E-state index is 6.11. The molecule has 0 amide bonds. The van der Waals surface area contributed by atoms with Gasteiger partial charge in [-0.2, -0.15) is 0 Å². The first-order valence-corrected chi connectivity index (χ1v) is 5.53. The van der Waals surface area contributed by atoms with Crippen molar-refractivity contribution >= 4 is 43.8 Å². The van der Waals surface area contributed by atoms with Crippen molar-refractivity contribution in [2.24, 2.45) is 0 Å². The number of benzene rings is 2. The maximum atomic E-state index is 6.11. The van der Waals surface area contributed by atoms with E-state index in [9.17, 15) is 0 Å². The highest BCUT2D eigenvalue weighted by Gasteiger charge is 2.05. The molecule has 0 nitrogen and oxygen atoms in total. The molecule has 2 aromatic carbocycles. The molecule has 0 bridgehead atoms. The predicted molar refractivity (Wildman–Crippen MR) is 63.2 cm³/mol. The van der Waals surface area contributed by atoms with Crippen LogP contribution in [0.2, 0.25) is 5.02 Å². The normalized spacial score (nSPS) is 11.2. The lowest BCUT2D eigenvalue weighted by atomic mass is 10.1. The van der Waals surface area contributed by atoms with Crippen LogP contribution in [0.25, 0.3) is 20.9 Å². The van der Waals surface area contributed by atoms with E-state index in [2.05, 4.69) is 29.6 Å². The van der Waals surface area contributed by atoms with Gasteiger partial charge in [0.25, 0.3) is 0 Å². The fourth-order valence-electron chi connectivity index (χ4n) is 1.71. The van der Waals surface area contributed by atoms with Crippen LogP contribution in [0.4, 0.5) is 0 Å². The van der Waals surface area contributed by atoms with Crippen molar-refractivity contribution in [1.29, 1.82) is 0 Å². The van der Waals surface area contributed by atoms with Gasteiger partial charge < -0.3 is 0 Å². The number of hydrogen-bond acceptors (Lipinski definition) is 1. The van der Waals surface area contributed by atoms with Gasteiger partial charge in [0, 0.05) is 10.1 Å². The molecule has 67 valence electrons. The second-order valence-electron chi connectivity index (χ2n) is 3.18. The Kier molecular flexibility index (Phi) is 1.76. The molecule has 0 unspecified atom stereocenters. The van der Waals surface area contributed by atoms with Gasteiger partial charge in [-0.1, -0.05) is 41.9 Å². The lowest BCUT2D eigenvalue weighted by Gasteiger charge is -1.98. The molecule has 14 heavy (non-hydrogen) atoms. The fraction of sp³-hybridized carbons (Fsp3) is 0. The average Bonchev–Trinajstić information content (AvgIpc) is 2.61. The van der Waals surface area contributed by atoms with E-state index in [1.54, 1.807) is 11.3 Å². The van der Waals surface area contributed by atoms with Crippen LogP contribution in [0.5, 0.6) is 0 Å². The van der Waals surface area contributed by atoms with Crippen LogP contribution in [-0.4, -0.2) is 0 Å². The zero-order valence-electron chi connectivity index (χ0n) is 7.25. The highest BCUT2D eigenvalue weighted by atomic mass is 35.5. The molecule has 2 heteroatoms. The van der Waals surface area contributed by atoms with E-state index in [1.165, 1.54) is 15.5 Å². The molecule has 0 aliphatic rings. The second kappa shape index (κ2) is 2.97. The summed E-state index contributed by atoms with van der Waals surface area (Å²) in [6.07, 6.45) is 0. The summed E-state index contributed by atoms with van der Waals surface area (Å²) in [7, 11) is 0. The molecule has 1 radical (unpaired) electrons. The van der Waals surface area contributed by atoms with Gasteiger partial charge in [-0.25, -0.2) is 0 Å². The van der Waals surface area contributed by atoms with Crippen LogP contribution < -0.4 is 0 Å². The number of rotatable bonds is 0. The number of halogens is 1. The lowest BCUT2D eigenvalue weighted by molar-refractivity contribution is 1.81. The molecule has 0 N–H and O–H groups in total. The van der Waals surface area contributed by atoms with Crippen LogP contribution in [0, 0.1) is 5.38 Å². The largest absolute Gasteiger partial charge is 0.133 e. The summed E-state index contributed by atoms with van der Waals surface area (Å²) in [6, 6.07) is 12.5. The van der Waals surface area contributed by atoms with Crippen LogP contribution in [0.3, 0.4) is 0 Å². The minimum absolute atomic E-state index is 0.738. The zero-order chi connectivity index (χ0) is 9.54. The summed E-state index contributed by atoms with van der Waals surface area (Å²) < 4.78 is 1.20. The summed E-state index contributed by atoms with van der Waals surface area (Å²) in [5, 5.41) is 7.39. The highest BCUT2D eigenvalue weighted by Crippen LogP contribution is 2.34. The molecular formula is C12H6ClS. The van der Waals surface area contributed by atoms with Crippen molar-refractivity contribution in [1.82, 2.24) is 0 Å². The standard InChI is InChI=1S/C12H6ClS/c13-10-7-14-11-6-5-8-3-1-2-4-9(8)12(10)11/h1-6H. The third kappa shape index (κ3) is 1.06. The Morgan fingerprint density at radius 2 is 1.93 bits per heavy atom. The Hall–Kier alpha value is -1.05. The van der Waals surface area contributed by atoms with Gasteiger partial charge in [-0.3, -0.25) is 0 Å². The molecule has 1 heterocycles. The molecule has 3 aromatic rings. The predicted octanol–water partition coefficient (Wildman–Crippen LogP) is 4.51. The summed E-state index contributed by atoms with van der Waals surface area (Å²) >= 11 is 7.68. The third-order valence-electron chi connectivity index (χ3n) is 2.36. The molecule has 0 saturated carbocycles. The van der Waals surface area contributed by atoms with E-state index in [0.29, 0.717) is 0 Å². The quantitative estimate of drug-likeness (QED) is 0.520. The Bertz CT molecular complexity index is 610. The summed E-state index contributed by atoms with van der Waals surface area (Å²) in [6.45, 7) is 0. The van der Waals surface area contributed by atoms with Gasteiger partial charge >= 0.3 is 0 Å². The third-order valence-corrected chi connectivity index (χ3v) is 3.62. The number of fused-ring (bicyclic) bond motifs is 3. The minimum atomic E-state index is 0.738. The van der Waals surface area contributed by atoms with E-state index in [-0.39, 0.29) is 0 Å². The minimum Gasteiger partial charge on any atom is -0.133 e. The number of hydrogen-bond donors (Lipinski definition) is 0. The summed E-state index contributed by atoms with van der Waals surface area (Å²) in [5.74, 6) is 0. The number of thiophene rings is 1. The van der Waals surface area contributed by atoms with Crippen molar-refractivity contribution in [3.63, 3.8) is 0 Å². The van der Waals surface area contributed by atoms with Gasteiger partial charge in [0.2, 0.25) is 0 Å². The molecule has 1 aromatic heterocycles. The van der Waals surface area contributed by atoms with Crippen LogP contribution in [-0.2, 0) is 0 Å². The van der Waals surface area contributed by atoms with Crippen LogP contribution in [0.15, 0.2) is 36.4 Å². The zero-order valence-corrected chi connectivity index (χ0v) is 8.82. The first-order valence-electron chi connectivity index (χ1n) is 4.34. The second-order valence-corrected chi connectivity index (χ2v) is 4.40. The van der Waals surface area contributed by atoms with Crippen molar-refractivity contribution in [2.45, 2.75) is 0 Å². The Balaban J connectivity index is 2.65. The molecule has 3 rings (SSSR count). The van der Waals surface area contributed by atoms with E-state index in [0.717, 1.165) is 10.4 Å². The Labute approximate surface area is 90.7 Å². The van der Waals surface area contributed by atoms with Gasteiger partial charge in [0.05, 0.1) is 10.4 Å². The monoisotopic (exact) mass is 217 g/mol. The first kappa shape index (κ1) is 8.27. The molecule has 0 aliphatic heterocycles. The molecule has 0 spiro atoms. The topological polar surface area (TPSA) is 0 Å². The highest BCUT2D eigenvalue weighted by molar-refractivity contribution is 7.17. The van der Waals surface area contributed by atoms with E-state index >= 15 is 0 Å². The SMILES string of the molecule is Clc1[c]sc2ccc3ccccc3c12. The Morgan fingerprint density at radius 1 is 1.07 bits per heavy atom. The van der Waals surface area contributed by atoms with E-state index in [4.69, 9.17) is 11.6 Å². The molecule has 0 atom stereocenters. The van der Waals surface area contributed by atoms with Gasteiger partial charge in [0.1, 0.15) is 0 Å². The van der Waals surface area contributed by atoms with Gasteiger partial charge in [0.15, 0.2) is 0 Å². The lowest BCUT2D eigenvalue weighted by Crippen LogP contribution is -1.72. The van der Waals surface area contributed by atoms with Crippen molar-refractivity contribution in [3.05, 3.63) is 46.8 Å². The van der Waals surface area contributed by atoms with Crippen molar-refractivity contribution in [3.8, 4) is 0 Å². The van der Waals surface area contributed by atoms with Crippen molar-refractivity contribution < 1.29 is 0 Å². The maximum Gasteiger partial charge on any atom is 0.0686 e. The smallest absolute Gasteiger partial charge is 0.0686 e. The summed E-state index contributed by atoms with van der Waals surface area (Å²) in [4.78, 5) is 0. The van der Waals surface area contributed by atoms with Crippen molar-refractivity contribution in [2.75, 3.05) is 0 Å². The fourth-order valence-corrected chi connectivity index (χ4v) is 2.84. The van der Waals surface area contributed by atoms with Gasteiger partial charge in [-0.05, 0) is 16.8 Å².